The van der Waals surface area contributed by atoms with Gasteiger partial charge in [0.25, 0.3) is 5.91 Å². The van der Waals surface area contributed by atoms with Crippen LogP contribution in [0.1, 0.15) is 41.2 Å². The van der Waals surface area contributed by atoms with Crippen molar-refractivity contribution in [3.63, 3.8) is 0 Å². The minimum absolute atomic E-state index is 0.0595. The molecule has 0 saturated carbocycles. The van der Waals surface area contributed by atoms with Gasteiger partial charge in [0.15, 0.2) is 6.61 Å². The smallest absolute Gasteiger partial charge is 0.342 e. The van der Waals surface area contributed by atoms with Gasteiger partial charge < -0.3 is 9.64 Å². The molecule has 0 spiro atoms. The van der Waals surface area contributed by atoms with Crippen LogP contribution in [0.15, 0.2) is 60.7 Å². The molecule has 1 amide bonds. The van der Waals surface area contributed by atoms with E-state index in [4.69, 9.17) is 4.74 Å². The molecule has 0 N–H and O–H groups in total. The molecule has 0 unspecified atom stereocenters. The fraction of sp³-hybridized carbons (Fsp3) is 0.292. The van der Waals surface area contributed by atoms with E-state index in [-0.39, 0.29) is 18.6 Å². The molecule has 30 heavy (non-hydrogen) atoms. The van der Waals surface area contributed by atoms with Gasteiger partial charge in [0.1, 0.15) is 5.56 Å². The van der Waals surface area contributed by atoms with Crippen molar-refractivity contribution in [2.75, 3.05) is 11.5 Å². The van der Waals surface area contributed by atoms with E-state index in [9.17, 15) is 9.59 Å². The molecule has 0 radical (unpaired) electrons. The van der Waals surface area contributed by atoms with Crippen molar-refractivity contribution in [2.24, 2.45) is 0 Å². The Morgan fingerprint density at radius 3 is 2.20 bits per heavy atom. The predicted molar refractivity (Wildman–Crippen MR) is 117 cm³/mol. The van der Waals surface area contributed by atoms with Gasteiger partial charge in [0.2, 0.25) is 0 Å². The molecule has 3 aromatic rings. The lowest BCUT2D eigenvalue weighted by Crippen LogP contribution is -2.40. The highest BCUT2D eigenvalue weighted by atomic mass is 16.5. The van der Waals surface area contributed by atoms with Crippen molar-refractivity contribution in [3.05, 3.63) is 83.2 Å². The zero-order valence-corrected chi connectivity index (χ0v) is 17.8. The van der Waals surface area contributed by atoms with E-state index < -0.39 is 5.97 Å². The van der Waals surface area contributed by atoms with E-state index in [2.05, 4.69) is 5.10 Å². The highest BCUT2D eigenvalue weighted by Gasteiger charge is 2.24. The molecule has 3 rings (SSSR count). The number of hydrogen-bond donors (Lipinski definition) is 0. The fourth-order valence-corrected chi connectivity index (χ4v) is 3.49. The molecule has 0 aliphatic carbocycles. The maximum Gasteiger partial charge on any atom is 0.342 e. The summed E-state index contributed by atoms with van der Waals surface area (Å²) in [4.78, 5) is 27.1. The summed E-state index contributed by atoms with van der Waals surface area (Å²) >= 11 is 0. The number of ether oxygens (including phenoxy) is 1. The van der Waals surface area contributed by atoms with Crippen LogP contribution in [0.25, 0.3) is 0 Å². The first-order valence-corrected chi connectivity index (χ1v) is 10.0. The SMILES string of the molecule is Cc1nn(Cc2ccccc2)c(C)c1C(=O)OCC(=O)N(c1ccccc1)C(C)C. The highest BCUT2D eigenvalue weighted by molar-refractivity contribution is 5.98. The molecule has 6 nitrogen and oxygen atoms in total. The lowest BCUT2D eigenvalue weighted by molar-refractivity contribution is -0.122. The van der Waals surface area contributed by atoms with Crippen molar-refractivity contribution in [3.8, 4) is 0 Å². The summed E-state index contributed by atoms with van der Waals surface area (Å²) in [6.07, 6.45) is 0. The van der Waals surface area contributed by atoms with Crippen LogP contribution in [0.4, 0.5) is 5.69 Å². The van der Waals surface area contributed by atoms with Gasteiger partial charge in [-0.3, -0.25) is 9.48 Å². The molecule has 1 heterocycles. The van der Waals surface area contributed by atoms with Gasteiger partial charge in [-0.2, -0.15) is 5.10 Å². The molecule has 0 saturated heterocycles. The number of amides is 1. The van der Waals surface area contributed by atoms with Gasteiger partial charge in [-0.25, -0.2) is 4.79 Å². The molecule has 0 aliphatic heterocycles. The maximum absolute atomic E-state index is 12.8. The zero-order valence-electron chi connectivity index (χ0n) is 17.8. The summed E-state index contributed by atoms with van der Waals surface area (Å²) in [6, 6.07) is 19.2. The number of para-hydroxylation sites is 1. The number of aryl methyl sites for hydroxylation is 1. The third-order valence-corrected chi connectivity index (χ3v) is 4.91. The van der Waals surface area contributed by atoms with Crippen LogP contribution >= 0.6 is 0 Å². The maximum atomic E-state index is 12.8. The predicted octanol–water partition coefficient (Wildman–Crippen LogP) is 4.15. The number of benzene rings is 2. The van der Waals surface area contributed by atoms with E-state index in [1.165, 1.54) is 0 Å². The molecular weight excluding hydrogens is 378 g/mol. The number of rotatable bonds is 7. The quantitative estimate of drug-likeness (QED) is 0.554. The molecule has 0 bridgehead atoms. The zero-order chi connectivity index (χ0) is 21.7. The van der Waals surface area contributed by atoms with Crippen LogP contribution in [0.3, 0.4) is 0 Å². The van der Waals surface area contributed by atoms with E-state index in [0.717, 1.165) is 16.9 Å². The molecule has 0 atom stereocenters. The van der Waals surface area contributed by atoms with E-state index in [1.54, 1.807) is 16.5 Å². The normalized spacial score (nSPS) is 10.8. The Morgan fingerprint density at radius 2 is 1.60 bits per heavy atom. The largest absolute Gasteiger partial charge is 0.452 e. The van der Waals surface area contributed by atoms with E-state index >= 15 is 0 Å². The monoisotopic (exact) mass is 405 g/mol. The second-order valence-corrected chi connectivity index (χ2v) is 7.46. The summed E-state index contributed by atoms with van der Waals surface area (Å²) in [7, 11) is 0. The minimum atomic E-state index is -0.533. The topological polar surface area (TPSA) is 64.4 Å². The van der Waals surface area contributed by atoms with E-state index in [1.807, 2.05) is 81.4 Å². The number of esters is 1. The average Bonchev–Trinajstić information content (AvgIpc) is 3.00. The number of nitrogens with zero attached hydrogens (tertiary/aromatic N) is 3. The van der Waals surface area contributed by atoms with Crippen molar-refractivity contribution in [1.29, 1.82) is 0 Å². The number of carbonyl (C=O) groups excluding carboxylic acids is 2. The highest BCUT2D eigenvalue weighted by Crippen LogP contribution is 2.19. The Morgan fingerprint density at radius 1 is 1.00 bits per heavy atom. The standard InChI is InChI=1S/C24H27N3O3/c1-17(2)27(21-13-9-6-10-14-21)22(28)16-30-24(29)23-18(3)25-26(19(23)4)15-20-11-7-5-8-12-20/h5-14,17H,15-16H2,1-4H3. The van der Waals surface area contributed by atoms with Gasteiger partial charge in [-0.05, 0) is 45.4 Å². The Bertz CT molecular complexity index is 1010. The van der Waals surface area contributed by atoms with Crippen molar-refractivity contribution in [1.82, 2.24) is 9.78 Å². The molecule has 0 aliphatic rings. The Labute approximate surface area is 177 Å². The summed E-state index contributed by atoms with van der Waals surface area (Å²) in [5.41, 5.74) is 3.59. The van der Waals surface area contributed by atoms with E-state index in [0.29, 0.717) is 17.8 Å². The Hall–Kier alpha value is -3.41. The number of aromatic nitrogens is 2. The summed E-state index contributed by atoms with van der Waals surface area (Å²) in [5, 5.41) is 4.49. The van der Waals surface area contributed by atoms with Gasteiger partial charge in [-0.15, -0.1) is 0 Å². The van der Waals surface area contributed by atoms with Crippen LogP contribution in [-0.2, 0) is 16.1 Å². The summed E-state index contributed by atoms with van der Waals surface area (Å²) < 4.78 is 7.17. The average molecular weight is 405 g/mol. The van der Waals surface area contributed by atoms with Crippen molar-refractivity contribution < 1.29 is 14.3 Å². The Balaban J connectivity index is 1.71. The molecule has 2 aromatic carbocycles. The van der Waals surface area contributed by atoms with Crippen LogP contribution in [-0.4, -0.2) is 34.3 Å². The van der Waals surface area contributed by atoms with Crippen molar-refractivity contribution in [2.45, 2.75) is 40.3 Å². The lowest BCUT2D eigenvalue weighted by atomic mass is 10.2. The Kier molecular flexibility index (Phi) is 6.67. The van der Waals surface area contributed by atoms with Crippen LogP contribution in [0.2, 0.25) is 0 Å². The molecule has 6 heteroatoms. The third kappa shape index (κ3) is 4.76. The minimum Gasteiger partial charge on any atom is -0.452 e. The molecular formula is C24H27N3O3. The van der Waals surface area contributed by atoms with Crippen LogP contribution in [0, 0.1) is 13.8 Å². The van der Waals surface area contributed by atoms with Gasteiger partial charge in [0, 0.05) is 11.7 Å². The fourth-order valence-electron chi connectivity index (χ4n) is 3.49. The summed E-state index contributed by atoms with van der Waals surface area (Å²) in [5.74, 6) is -0.800. The van der Waals surface area contributed by atoms with Gasteiger partial charge in [-0.1, -0.05) is 48.5 Å². The van der Waals surface area contributed by atoms with Crippen LogP contribution in [0.5, 0.6) is 0 Å². The van der Waals surface area contributed by atoms with Crippen LogP contribution < -0.4 is 4.90 Å². The molecule has 0 fully saturated rings. The van der Waals surface area contributed by atoms with Gasteiger partial charge >= 0.3 is 5.97 Å². The number of carbonyl (C=O) groups is 2. The second-order valence-electron chi connectivity index (χ2n) is 7.46. The van der Waals surface area contributed by atoms with Crippen molar-refractivity contribution >= 4 is 17.6 Å². The molecule has 156 valence electrons. The first-order chi connectivity index (χ1) is 14.4. The first kappa shape index (κ1) is 21.3. The third-order valence-electron chi connectivity index (χ3n) is 4.91. The summed E-state index contributed by atoms with van der Waals surface area (Å²) in [6.45, 7) is 7.70. The first-order valence-electron chi connectivity index (χ1n) is 10.0. The number of hydrogen-bond acceptors (Lipinski definition) is 4. The number of anilines is 1. The van der Waals surface area contributed by atoms with Gasteiger partial charge in [0.05, 0.1) is 17.9 Å². The molecule has 1 aromatic heterocycles. The second kappa shape index (κ2) is 9.39. The lowest BCUT2D eigenvalue weighted by Gasteiger charge is -2.26.